The van der Waals surface area contributed by atoms with E-state index in [1.807, 2.05) is 18.2 Å². The van der Waals surface area contributed by atoms with E-state index in [1.54, 1.807) is 31.2 Å². The van der Waals surface area contributed by atoms with Gasteiger partial charge in [0.05, 0.1) is 0 Å². The lowest BCUT2D eigenvalue weighted by Crippen LogP contribution is -2.35. The molecule has 1 aromatic carbocycles. The quantitative estimate of drug-likeness (QED) is 0.0793. The number of nitrogens with one attached hydrogen (secondary N) is 2. The van der Waals surface area contributed by atoms with Crippen molar-refractivity contribution in [3.05, 3.63) is 81.1 Å². The molecule has 1 aliphatic heterocycles. The summed E-state index contributed by atoms with van der Waals surface area (Å²) in [7, 11) is 1.19. The first-order valence-electron chi connectivity index (χ1n) is 18.4. The largest absolute Gasteiger partial charge is 0.508 e. The van der Waals surface area contributed by atoms with E-state index in [1.165, 1.54) is 17.9 Å². The van der Waals surface area contributed by atoms with Gasteiger partial charge in [0, 0.05) is 49.6 Å². The molecule has 2 heterocycles. The Balaban J connectivity index is 1.50. The van der Waals surface area contributed by atoms with Crippen LogP contribution in [-0.2, 0) is 46.5 Å². The van der Waals surface area contributed by atoms with Crippen LogP contribution in [0.3, 0.4) is 0 Å². The van der Waals surface area contributed by atoms with Crippen molar-refractivity contribution in [2.45, 2.75) is 57.6 Å². The molecule has 1 aliphatic rings. The number of nitrogens with zero attached hydrogens (tertiary/aromatic N) is 1. The number of aromatic nitrogens is 2. The van der Waals surface area contributed by atoms with E-state index < -0.39 is 54.4 Å². The highest BCUT2D eigenvalue weighted by Gasteiger charge is 2.48. The number of ether oxygens (including phenoxy) is 3. The second-order valence-electron chi connectivity index (χ2n) is 11.9. The molecule has 0 radical (unpaired) electrons. The monoisotopic (exact) mass is 865 g/mol. The zero-order chi connectivity index (χ0) is 44.7. The lowest BCUT2D eigenvalue weighted by atomic mass is 9.95. The van der Waals surface area contributed by atoms with Crippen molar-refractivity contribution in [3.63, 3.8) is 0 Å². The van der Waals surface area contributed by atoms with E-state index >= 15 is 0 Å². The number of aromatic amines is 1. The van der Waals surface area contributed by atoms with Gasteiger partial charge < -0.3 is 33.5 Å². The molecule has 1 fully saturated rings. The van der Waals surface area contributed by atoms with Crippen LogP contribution < -0.4 is 16.6 Å². The van der Waals surface area contributed by atoms with Crippen LogP contribution in [0, 0.1) is 124 Å². The number of rotatable bonds is 15. The van der Waals surface area contributed by atoms with Gasteiger partial charge in [-0.25, -0.2) is 9.59 Å². The first kappa shape index (κ1) is 48.8. The van der Waals surface area contributed by atoms with Gasteiger partial charge in [0.2, 0.25) is 0 Å². The molecule has 13 nitrogen and oxygen atoms in total. The Labute approximate surface area is 365 Å². The third-order valence-electron chi connectivity index (χ3n) is 7.67. The zero-order valence-corrected chi connectivity index (χ0v) is 35.1. The van der Waals surface area contributed by atoms with Gasteiger partial charge in [0.1, 0.15) is 31.6 Å². The van der Waals surface area contributed by atoms with Crippen molar-refractivity contribution in [2.75, 3.05) is 20.3 Å². The number of benzene rings is 1. The Kier molecular flexibility index (Phi) is 22.7. The van der Waals surface area contributed by atoms with Crippen LogP contribution in [0.2, 0.25) is 0 Å². The van der Waals surface area contributed by atoms with Crippen molar-refractivity contribution in [1.82, 2.24) is 14.9 Å². The summed E-state index contributed by atoms with van der Waals surface area (Å²) in [6, 6.07) is 10.2. The molecule has 2 aromatic rings. The molecule has 0 saturated carbocycles. The highest BCUT2D eigenvalue weighted by molar-refractivity contribution is 8.07. The van der Waals surface area contributed by atoms with E-state index in [-0.39, 0.29) is 19.6 Å². The van der Waals surface area contributed by atoms with Gasteiger partial charge in [-0.1, -0.05) is 48.4 Å². The minimum Gasteiger partial charge on any atom is -0.431 e. The van der Waals surface area contributed by atoms with Crippen molar-refractivity contribution in [1.29, 1.82) is 0 Å². The van der Waals surface area contributed by atoms with Gasteiger partial charge in [-0.3, -0.25) is 19.1 Å². The van der Waals surface area contributed by atoms with E-state index in [0.29, 0.717) is 25.8 Å². The average molecular weight is 866 g/mol. The molecule has 3 N–H and O–H groups in total. The summed E-state index contributed by atoms with van der Waals surface area (Å²) in [6.45, 7) is -2.15. The van der Waals surface area contributed by atoms with Gasteiger partial charge >= 0.3 is 18.6 Å². The standard InChI is InChI=1S/C47H36N3O10PS/c1-3-4-5-6-7-8-9-10-11-12-13-14-15-16-17-18-19-22-28-33-42(51)48-35-29-23-20-21-27-32-40-44(60-61(55,62)56-2)41(59-45(40)50-36-34-43(52)49-46(50)53)38-58-47(54)57-37-39-30-25-24-26-31-39/h21,24-27,30-31,34,36,40-41,44-45H,20,23,29,32,35,37-38H2,1-2H3,(H,48,51)(H,55,62)(H,49,52,53)/b27-21+/t40-,41+,44?,45+,61?/m0/s1. The SMILES string of the molecule is CC#CC#CC#CC#CC#CC#CC#CC#CC#CC#CC(=O)NCCCC/C=C/C[C@H]1C(OP(O)(=S)OC)[C@@H](COC(=O)OCc2ccccc2)O[C@H]1n1ccc(=O)[nH]c1=O. The molecule has 310 valence electrons. The Morgan fingerprint density at radius 2 is 1.45 bits per heavy atom. The fourth-order valence-corrected chi connectivity index (χ4v) is 5.97. The number of H-pyrrole nitrogens is 1. The molecule has 62 heavy (non-hydrogen) atoms. The van der Waals surface area contributed by atoms with Crippen molar-refractivity contribution >= 4 is 30.6 Å². The minimum atomic E-state index is -3.79. The summed E-state index contributed by atoms with van der Waals surface area (Å²) < 4.78 is 28.8. The van der Waals surface area contributed by atoms with Gasteiger partial charge in [0.15, 0.2) is 0 Å². The van der Waals surface area contributed by atoms with E-state index in [0.717, 1.165) is 11.6 Å². The van der Waals surface area contributed by atoms with Crippen LogP contribution >= 0.6 is 6.72 Å². The fraction of sp³-hybridized carbons (Fsp3) is 0.277. The fourth-order valence-electron chi connectivity index (χ4n) is 4.99. The maximum absolute atomic E-state index is 12.8. The third-order valence-corrected chi connectivity index (χ3v) is 9.34. The van der Waals surface area contributed by atoms with Gasteiger partial charge in [-0.05, 0) is 145 Å². The molecule has 3 rings (SSSR count). The number of carbonyl (C=O) groups excluding carboxylic acids is 2. The highest BCUT2D eigenvalue weighted by Crippen LogP contribution is 2.50. The Bertz CT molecular complexity index is 2790. The molecule has 1 amide bonds. The molecular weight excluding hydrogens is 830 g/mol. The number of hydrogen-bond acceptors (Lipinski definition) is 10. The number of amides is 1. The van der Waals surface area contributed by atoms with E-state index in [2.05, 4.69) is 129 Å². The summed E-state index contributed by atoms with van der Waals surface area (Å²) >= 11 is 5.14. The van der Waals surface area contributed by atoms with Crippen molar-refractivity contribution in [3.8, 4) is 118 Å². The summed E-state index contributed by atoms with van der Waals surface area (Å²) in [5.74, 6) is 48.7. The number of carbonyl (C=O) groups is 2. The maximum atomic E-state index is 12.8. The minimum absolute atomic E-state index is 0.0294. The lowest BCUT2D eigenvalue weighted by molar-refractivity contribution is -0.115. The summed E-state index contributed by atoms with van der Waals surface area (Å²) in [5, 5.41) is 2.69. The van der Waals surface area contributed by atoms with Crippen LogP contribution in [0.5, 0.6) is 0 Å². The predicted molar refractivity (Wildman–Crippen MR) is 234 cm³/mol. The Hall–Kier alpha value is -7.53. The third kappa shape index (κ3) is 20.0. The van der Waals surface area contributed by atoms with Crippen LogP contribution in [0.1, 0.15) is 44.4 Å². The van der Waals surface area contributed by atoms with Gasteiger partial charge in [-0.2, -0.15) is 0 Å². The van der Waals surface area contributed by atoms with Crippen molar-refractivity contribution < 1.29 is 37.7 Å². The topological polar surface area (TPSA) is 167 Å². The molecular formula is C47H36N3O10PS. The van der Waals surface area contributed by atoms with E-state index in [9.17, 15) is 24.1 Å². The van der Waals surface area contributed by atoms with Crippen LogP contribution in [0.15, 0.2) is 64.3 Å². The second kappa shape index (κ2) is 28.8. The molecule has 0 spiro atoms. The van der Waals surface area contributed by atoms with Crippen molar-refractivity contribution in [2.24, 2.45) is 5.92 Å². The summed E-state index contributed by atoms with van der Waals surface area (Å²) in [4.78, 5) is 62.0. The number of unbranched alkanes of at least 4 members (excludes halogenated alkanes) is 2. The molecule has 2 unspecified atom stereocenters. The Morgan fingerprint density at radius 1 is 0.855 bits per heavy atom. The second-order valence-corrected chi connectivity index (χ2v) is 14.8. The lowest BCUT2D eigenvalue weighted by Gasteiger charge is -2.26. The molecule has 1 aromatic heterocycles. The smallest absolute Gasteiger partial charge is 0.431 e. The molecule has 1 saturated heterocycles. The first-order chi connectivity index (χ1) is 30.1. The summed E-state index contributed by atoms with van der Waals surface area (Å²) in [5.41, 5.74) is -0.606. The molecule has 5 atom stereocenters. The molecule has 0 bridgehead atoms. The van der Waals surface area contributed by atoms with E-state index in [4.69, 9.17) is 35.1 Å². The summed E-state index contributed by atoms with van der Waals surface area (Å²) in [6.07, 6.45) is 3.20. The number of hydrogen-bond donors (Lipinski definition) is 3. The average Bonchev–Trinajstić information content (AvgIpc) is 3.59. The van der Waals surface area contributed by atoms with Gasteiger partial charge in [-0.15, -0.1) is 0 Å². The number of allylic oxidation sites excluding steroid dienone is 2. The normalized spacial score (nSPS) is 15.9. The molecule has 15 heteroatoms. The first-order valence-corrected chi connectivity index (χ1v) is 21.0. The Morgan fingerprint density at radius 3 is 2.03 bits per heavy atom. The van der Waals surface area contributed by atoms with Crippen LogP contribution in [0.25, 0.3) is 0 Å². The van der Waals surface area contributed by atoms with Crippen LogP contribution in [0.4, 0.5) is 4.79 Å². The zero-order valence-electron chi connectivity index (χ0n) is 33.4. The van der Waals surface area contributed by atoms with Gasteiger partial charge in [0.25, 0.3) is 11.5 Å². The van der Waals surface area contributed by atoms with Crippen LogP contribution in [-0.4, -0.2) is 59.0 Å². The molecule has 0 aliphatic carbocycles. The maximum Gasteiger partial charge on any atom is 0.508 e. The highest BCUT2D eigenvalue weighted by atomic mass is 32.5. The predicted octanol–water partition coefficient (Wildman–Crippen LogP) is 2.94.